The van der Waals surface area contributed by atoms with Crippen LogP contribution in [0, 0.1) is 6.92 Å². The van der Waals surface area contributed by atoms with Crippen LogP contribution in [0.1, 0.15) is 11.3 Å². The fourth-order valence-electron chi connectivity index (χ4n) is 2.71. The molecular formula is C20H15N3O4S. The van der Waals surface area contributed by atoms with Gasteiger partial charge in [0.15, 0.2) is 10.9 Å². The van der Waals surface area contributed by atoms with Crippen molar-refractivity contribution in [2.24, 2.45) is 0 Å². The van der Waals surface area contributed by atoms with Gasteiger partial charge in [-0.05, 0) is 36.8 Å². The Kier molecular flexibility index (Phi) is 4.70. The van der Waals surface area contributed by atoms with Crippen LogP contribution in [-0.4, -0.2) is 19.6 Å². The monoisotopic (exact) mass is 393 g/mol. The molecule has 0 saturated carbocycles. The molecule has 1 N–H and O–H groups in total. The van der Waals surface area contributed by atoms with Crippen LogP contribution >= 0.6 is 11.8 Å². The number of thioether (sulfide) groups is 1. The predicted octanol–water partition coefficient (Wildman–Crippen LogP) is 3.04. The van der Waals surface area contributed by atoms with Crippen molar-refractivity contribution < 1.29 is 9.52 Å². The summed E-state index contributed by atoms with van der Waals surface area (Å²) in [4.78, 5) is 33.7. The lowest BCUT2D eigenvalue weighted by Crippen LogP contribution is -2.22. The number of hydrogen-bond donors (Lipinski definition) is 1. The Morgan fingerprint density at radius 2 is 2.00 bits per heavy atom. The molecule has 0 atom stereocenters. The van der Waals surface area contributed by atoms with Gasteiger partial charge in [0, 0.05) is 12.3 Å². The highest BCUT2D eigenvalue weighted by Crippen LogP contribution is 2.24. The highest BCUT2D eigenvalue weighted by molar-refractivity contribution is 7.98. The fraction of sp³-hybridized carbons (Fsp3) is 0.100. The van der Waals surface area contributed by atoms with Gasteiger partial charge in [-0.25, -0.2) is 14.5 Å². The topological polar surface area (TPSA) is 98.2 Å². The third-order valence-electron chi connectivity index (χ3n) is 4.09. The first-order valence-electron chi connectivity index (χ1n) is 8.41. The van der Waals surface area contributed by atoms with Crippen molar-refractivity contribution >= 4 is 22.7 Å². The van der Waals surface area contributed by atoms with Gasteiger partial charge in [0.05, 0.1) is 16.7 Å². The van der Waals surface area contributed by atoms with Crippen LogP contribution in [0.5, 0.6) is 5.75 Å². The number of pyridine rings is 1. The molecule has 0 saturated heterocycles. The van der Waals surface area contributed by atoms with Gasteiger partial charge in [-0.3, -0.25) is 9.59 Å². The predicted molar refractivity (Wildman–Crippen MR) is 106 cm³/mol. The number of aryl methyl sites for hydroxylation is 1. The molecule has 0 aliphatic heterocycles. The molecule has 0 amide bonds. The van der Waals surface area contributed by atoms with Gasteiger partial charge in [-0.1, -0.05) is 23.9 Å². The minimum Gasteiger partial charge on any atom is -0.502 e. The zero-order chi connectivity index (χ0) is 19.7. The van der Waals surface area contributed by atoms with Gasteiger partial charge < -0.3 is 9.52 Å². The van der Waals surface area contributed by atoms with E-state index in [1.807, 2.05) is 25.1 Å². The van der Waals surface area contributed by atoms with E-state index in [-0.39, 0.29) is 11.3 Å². The van der Waals surface area contributed by atoms with Gasteiger partial charge in [-0.2, -0.15) is 0 Å². The maximum Gasteiger partial charge on any atom is 0.267 e. The SMILES string of the molecule is Cc1ccnc(-n2c(SCc3cc(=O)c(O)co3)nc3ccccc3c2=O)c1. The number of aromatic nitrogens is 3. The lowest BCUT2D eigenvalue weighted by atomic mass is 10.2. The summed E-state index contributed by atoms with van der Waals surface area (Å²) in [5.74, 6) is 0.641. The van der Waals surface area contributed by atoms with E-state index in [4.69, 9.17) is 4.42 Å². The lowest BCUT2D eigenvalue weighted by molar-refractivity contribution is 0.419. The Bertz CT molecular complexity index is 1300. The number of para-hydroxylation sites is 1. The largest absolute Gasteiger partial charge is 0.502 e. The Morgan fingerprint density at radius 1 is 1.18 bits per heavy atom. The molecule has 140 valence electrons. The molecule has 0 radical (unpaired) electrons. The molecule has 0 aliphatic carbocycles. The number of aromatic hydroxyl groups is 1. The molecule has 28 heavy (non-hydrogen) atoms. The Morgan fingerprint density at radius 3 is 2.79 bits per heavy atom. The number of hydrogen-bond acceptors (Lipinski definition) is 7. The van der Waals surface area contributed by atoms with Crippen molar-refractivity contribution in [1.29, 1.82) is 0 Å². The smallest absolute Gasteiger partial charge is 0.267 e. The Hall–Kier alpha value is -3.39. The molecule has 3 aromatic heterocycles. The van der Waals surface area contributed by atoms with Gasteiger partial charge in [0.25, 0.3) is 5.56 Å². The zero-order valence-corrected chi connectivity index (χ0v) is 15.6. The van der Waals surface area contributed by atoms with E-state index in [0.29, 0.717) is 27.6 Å². The first-order valence-corrected chi connectivity index (χ1v) is 9.40. The maximum absolute atomic E-state index is 13.1. The summed E-state index contributed by atoms with van der Waals surface area (Å²) >= 11 is 1.24. The van der Waals surface area contributed by atoms with E-state index in [0.717, 1.165) is 11.8 Å². The van der Waals surface area contributed by atoms with Crippen LogP contribution in [-0.2, 0) is 5.75 Å². The van der Waals surface area contributed by atoms with E-state index in [1.165, 1.54) is 22.4 Å². The first kappa shape index (κ1) is 18.0. The quantitative estimate of drug-likeness (QED) is 0.420. The summed E-state index contributed by atoms with van der Waals surface area (Å²) in [7, 11) is 0. The van der Waals surface area contributed by atoms with E-state index in [1.54, 1.807) is 24.4 Å². The second-order valence-electron chi connectivity index (χ2n) is 6.13. The third kappa shape index (κ3) is 3.41. The number of fused-ring (bicyclic) bond motifs is 1. The second kappa shape index (κ2) is 7.32. The summed E-state index contributed by atoms with van der Waals surface area (Å²) in [5, 5.41) is 10.2. The van der Waals surface area contributed by atoms with E-state index in [9.17, 15) is 14.7 Å². The van der Waals surface area contributed by atoms with E-state index < -0.39 is 11.2 Å². The zero-order valence-electron chi connectivity index (χ0n) is 14.8. The lowest BCUT2D eigenvalue weighted by Gasteiger charge is -2.12. The van der Waals surface area contributed by atoms with Crippen molar-refractivity contribution in [2.45, 2.75) is 17.8 Å². The standard InChI is InChI=1S/C20H15N3O4S/c1-12-6-7-21-18(8-12)23-19(26)14-4-2-3-5-15(14)22-20(23)28-11-13-9-16(24)17(25)10-27-13/h2-10,25H,11H2,1H3. The van der Waals surface area contributed by atoms with Gasteiger partial charge in [0.2, 0.25) is 5.43 Å². The summed E-state index contributed by atoms with van der Waals surface area (Å²) < 4.78 is 6.70. The van der Waals surface area contributed by atoms with Crippen LogP contribution < -0.4 is 11.0 Å². The molecular weight excluding hydrogens is 378 g/mol. The van der Waals surface area contributed by atoms with Crippen LogP contribution in [0.15, 0.2) is 74.1 Å². The summed E-state index contributed by atoms with van der Waals surface area (Å²) in [6, 6.07) is 12.0. The van der Waals surface area contributed by atoms with Crippen molar-refractivity contribution in [3.8, 4) is 11.6 Å². The van der Waals surface area contributed by atoms with Crippen molar-refractivity contribution in [2.75, 3.05) is 0 Å². The van der Waals surface area contributed by atoms with Gasteiger partial charge in [-0.15, -0.1) is 0 Å². The van der Waals surface area contributed by atoms with Crippen molar-refractivity contribution in [3.63, 3.8) is 0 Å². The molecule has 0 aliphatic rings. The first-order chi connectivity index (χ1) is 13.5. The molecule has 0 spiro atoms. The highest BCUT2D eigenvalue weighted by atomic mass is 32.2. The molecule has 4 rings (SSSR count). The van der Waals surface area contributed by atoms with Gasteiger partial charge in [0.1, 0.15) is 17.8 Å². The van der Waals surface area contributed by atoms with Crippen LogP contribution in [0.25, 0.3) is 16.7 Å². The third-order valence-corrected chi connectivity index (χ3v) is 5.05. The maximum atomic E-state index is 13.1. The summed E-state index contributed by atoms with van der Waals surface area (Å²) in [6.07, 6.45) is 2.64. The van der Waals surface area contributed by atoms with E-state index >= 15 is 0 Å². The second-order valence-corrected chi connectivity index (χ2v) is 7.07. The number of benzene rings is 1. The van der Waals surface area contributed by atoms with Gasteiger partial charge >= 0.3 is 0 Å². The molecule has 0 bridgehead atoms. The van der Waals surface area contributed by atoms with Crippen LogP contribution in [0.2, 0.25) is 0 Å². The van der Waals surface area contributed by atoms with Crippen LogP contribution in [0.4, 0.5) is 0 Å². The number of nitrogens with zero attached hydrogens (tertiary/aromatic N) is 3. The van der Waals surface area contributed by atoms with Crippen molar-refractivity contribution in [3.05, 3.63) is 86.8 Å². The number of rotatable bonds is 4. The van der Waals surface area contributed by atoms with E-state index in [2.05, 4.69) is 9.97 Å². The minimum absolute atomic E-state index is 0.224. The fourth-order valence-corrected chi connectivity index (χ4v) is 3.60. The molecule has 3 heterocycles. The molecule has 0 unspecified atom stereocenters. The molecule has 8 heteroatoms. The Balaban J connectivity index is 1.83. The normalized spacial score (nSPS) is 11.0. The average molecular weight is 393 g/mol. The molecule has 7 nitrogen and oxygen atoms in total. The minimum atomic E-state index is -0.522. The molecule has 1 aromatic carbocycles. The van der Waals surface area contributed by atoms with Crippen LogP contribution in [0.3, 0.4) is 0 Å². The molecule has 0 fully saturated rings. The Labute approximate surface area is 163 Å². The summed E-state index contributed by atoms with van der Waals surface area (Å²) in [6.45, 7) is 1.92. The molecule has 4 aromatic rings. The van der Waals surface area contributed by atoms with Crippen molar-refractivity contribution in [1.82, 2.24) is 14.5 Å². The highest BCUT2D eigenvalue weighted by Gasteiger charge is 2.15. The average Bonchev–Trinajstić information content (AvgIpc) is 2.69. The summed E-state index contributed by atoms with van der Waals surface area (Å²) in [5.41, 5.74) is 0.793.